The van der Waals surface area contributed by atoms with E-state index in [0.29, 0.717) is 35.2 Å². The molecule has 0 aliphatic carbocycles. The van der Waals surface area contributed by atoms with Crippen LogP contribution in [0.1, 0.15) is 29.5 Å². The zero-order valence-electron chi connectivity index (χ0n) is 20.2. The molecular weight excluding hydrogens is 460 g/mol. The first-order valence-electron chi connectivity index (χ1n) is 11.4. The van der Waals surface area contributed by atoms with Crippen molar-refractivity contribution in [3.8, 4) is 34.8 Å². The summed E-state index contributed by atoms with van der Waals surface area (Å²) in [5.74, 6) is 1.27. The highest BCUT2D eigenvalue weighted by molar-refractivity contribution is 5.74. The predicted octanol–water partition coefficient (Wildman–Crippen LogP) is 4.60. The van der Waals surface area contributed by atoms with E-state index in [1.807, 2.05) is 38.1 Å². The van der Waals surface area contributed by atoms with E-state index in [2.05, 4.69) is 6.07 Å². The van der Waals surface area contributed by atoms with E-state index in [9.17, 15) is 10.1 Å². The lowest BCUT2D eigenvalue weighted by molar-refractivity contribution is -0.136. The fourth-order valence-corrected chi connectivity index (χ4v) is 3.92. The van der Waals surface area contributed by atoms with Crippen LogP contribution in [-0.4, -0.2) is 26.3 Å². The van der Waals surface area contributed by atoms with Crippen LogP contribution in [0.4, 0.5) is 0 Å². The second-order valence-electron chi connectivity index (χ2n) is 8.04. The number of carbonyl (C=O) groups excluding carboxylic acids is 1. The number of rotatable bonds is 8. The van der Waals surface area contributed by atoms with Crippen LogP contribution in [0, 0.1) is 18.3 Å². The second kappa shape index (κ2) is 10.7. The van der Waals surface area contributed by atoms with Gasteiger partial charge in [0.05, 0.1) is 19.6 Å². The summed E-state index contributed by atoms with van der Waals surface area (Å²) in [6.07, 6.45) is 0. The molecule has 0 aromatic heterocycles. The van der Waals surface area contributed by atoms with Crippen molar-refractivity contribution in [2.75, 3.05) is 20.3 Å². The fourth-order valence-electron chi connectivity index (χ4n) is 3.92. The zero-order valence-corrected chi connectivity index (χ0v) is 20.2. The van der Waals surface area contributed by atoms with Gasteiger partial charge in [0.15, 0.2) is 18.1 Å². The molecule has 8 nitrogen and oxygen atoms in total. The molecule has 1 unspecified atom stereocenters. The van der Waals surface area contributed by atoms with Crippen molar-refractivity contribution < 1.29 is 28.5 Å². The van der Waals surface area contributed by atoms with Gasteiger partial charge in [-0.25, -0.2) is 4.79 Å². The fraction of sp³-hybridized carbons (Fsp3) is 0.214. The first kappa shape index (κ1) is 24.5. The quantitative estimate of drug-likeness (QED) is 0.363. The average molecular weight is 487 g/mol. The minimum atomic E-state index is -0.569. The normalized spacial score (nSPS) is 14.2. The Labute approximate surface area is 209 Å². The topological polar surface area (TPSA) is 113 Å². The number of esters is 1. The average Bonchev–Trinajstić information content (AvgIpc) is 2.88. The molecule has 0 amide bonds. The van der Waals surface area contributed by atoms with Gasteiger partial charge in [0.25, 0.3) is 0 Å². The van der Waals surface area contributed by atoms with E-state index in [4.69, 9.17) is 29.4 Å². The van der Waals surface area contributed by atoms with E-state index in [0.717, 1.165) is 11.1 Å². The van der Waals surface area contributed by atoms with Crippen molar-refractivity contribution in [2.24, 2.45) is 5.73 Å². The van der Waals surface area contributed by atoms with Crippen molar-refractivity contribution >= 4 is 5.97 Å². The number of aryl methyl sites for hydroxylation is 1. The lowest BCUT2D eigenvalue weighted by Crippen LogP contribution is -2.21. The number of nitrogens with two attached hydrogens (primary N) is 1. The minimum absolute atomic E-state index is 0.0194. The van der Waals surface area contributed by atoms with Gasteiger partial charge < -0.3 is 29.4 Å². The summed E-state index contributed by atoms with van der Waals surface area (Å²) < 4.78 is 27.7. The number of methoxy groups -OCH3 is 1. The lowest BCUT2D eigenvalue weighted by Gasteiger charge is -2.27. The van der Waals surface area contributed by atoms with Crippen LogP contribution >= 0.6 is 0 Å². The molecule has 0 saturated carbocycles. The van der Waals surface area contributed by atoms with Crippen LogP contribution in [-0.2, 0) is 4.79 Å². The van der Waals surface area contributed by atoms with Gasteiger partial charge in [-0.2, -0.15) is 5.26 Å². The number of nitrogens with zero attached hydrogens (tertiary/aromatic N) is 1. The van der Waals surface area contributed by atoms with Gasteiger partial charge in [-0.3, -0.25) is 0 Å². The van der Waals surface area contributed by atoms with Gasteiger partial charge in [-0.05, 0) is 49.7 Å². The monoisotopic (exact) mass is 486 g/mol. The number of allylic oxidation sites excluding steroid dienone is 1. The Morgan fingerprint density at radius 2 is 1.78 bits per heavy atom. The van der Waals surface area contributed by atoms with Crippen LogP contribution in [0.3, 0.4) is 0 Å². The van der Waals surface area contributed by atoms with Gasteiger partial charge in [-0.15, -0.1) is 0 Å². The third-order valence-electron chi connectivity index (χ3n) is 5.62. The Morgan fingerprint density at radius 1 is 1.03 bits per heavy atom. The van der Waals surface area contributed by atoms with Crippen molar-refractivity contribution in [3.63, 3.8) is 0 Å². The predicted molar refractivity (Wildman–Crippen MR) is 132 cm³/mol. The molecule has 0 radical (unpaired) electrons. The van der Waals surface area contributed by atoms with E-state index in [1.54, 1.807) is 43.5 Å². The van der Waals surface area contributed by atoms with Crippen molar-refractivity contribution in [3.05, 3.63) is 88.8 Å². The molecular formula is C28H26N2O6. The Kier molecular flexibility index (Phi) is 7.31. The summed E-state index contributed by atoms with van der Waals surface area (Å²) in [7, 11) is 1.55. The number of nitriles is 1. The number of ether oxygens (including phenoxy) is 5. The number of hydrogen-bond donors (Lipinski definition) is 1. The Balaban J connectivity index is 1.57. The van der Waals surface area contributed by atoms with E-state index in [1.165, 1.54) is 0 Å². The maximum atomic E-state index is 12.3. The third kappa shape index (κ3) is 5.20. The molecule has 8 heteroatoms. The number of hydrogen-bond acceptors (Lipinski definition) is 8. The Morgan fingerprint density at radius 3 is 2.47 bits per heavy atom. The zero-order chi connectivity index (χ0) is 25.7. The second-order valence-corrected chi connectivity index (χ2v) is 8.04. The molecule has 36 heavy (non-hydrogen) atoms. The SMILES string of the molecule is CCOc1ccc(C2C(C#N)=C(N)Oc3cc(OC(=O)COc4ccc(C)cc4)ccc32)cc1OC. The van der Waals surface area contributed by atoms with Crippen LogP contribution < -0.4 is 29.4 Å². The van der Waals surface area contributed by atoms with Crippen LogP contribution in [0.15, 0.2) is 72.1 Å². The summed E-state index contributed by atoms with van der Waals surface area (Å²) in [5.41, 5.74) is 8.94. The van der Waals surface area contributed by atoms with E-state index >= 15 is 0 Å². The highest BCUT2D eigenvalue weighted by atomic mass is 16.6. The molecule has 0 bridgehead atoms. The molecule has 1 aliphatic rings. The molecule has 1 aliphatic heterocycles. The van der Waals surface area contributed by atoms with Crippen LogP contribution in [0.2, 0.25) is 0 Å². The molecule has 0 fully saturated rings. The molecule has 0 saturated heterocycles. The maximum absolute atomic E-state index is 12.3. The van der Waals surface area contributed by atoms with Crippen LogP contribution in [0.25, 0.3) is 0 Å². The summed E-state index contributed by atoms with van der Waals surface area (Å²) >= 11 is 0. The molecule has 184 valence electrons. The van der Waals surface area contributed by atoms with Crippen molar-refractivity contribution in [1.82, 2.24) is 0 Å². The largest absolute Gasteiger partial charge is 0.493 e. The number of fused-ring (bicyclic) bond motifs is 1. The summed E-state index contributed by atoms with van der Waals surface area (Å²) in [6, 6.07) is 19.9. The van der Waals surface area contributed by atoms with Gasteiger partial charge in [0.1, 0.15) is 28.9 Å². The molecule has 3 aromatic rings. The van der Waals surface area contributed by atoms with Gasteiger partial charge in [0, 0.05) is 11.6 Å². The molecule has 2 N–H and O–H groups in total. The van der Waals surface area contributed by atoms with Gasteiger partial charge >= 0.3 is 5.97 Å². The van der Waals surface area contributed by atoms with E-state index in [-0.39, 0.29) is 23.8 Å². The number of carbonyl (C=O) groups is 1. The first-order valence-corrected chi connectivity index (χ1v) is 11.4. The third-order valence-corrected chi connectivity index (χ3v) is 5.62. The first-order chi connectivity index (χ1) is 17.4. The molecule has 0 spiro atoms. The highest BCUT2D eigenvalue weighted by Crippen LogP contribution is 2.45. The standard InChI is InChI=1S/C28H26N2O6/c1-4-33-23-12-7-18(13-25(23)32-3)27-21-11-10-20(14-24(21)36-28(30)22(27)15-29)35-26(31)16-34-19-8-5-17(2)6-9-19/h5-14,27H,4,16,30H2,1-3H3. The highest BCUT2D eigenvalue weighted by Gasteiger charge is 2.31. The lowest BCUT2D eigenvalue weighted by atomic mass is 9.83. The van der Waals surface area contributed by atoms with Gasteiger partial charge in [-0.1, -0.05) is 29.8 Å². The Hall–Kier alpha value is -4.64. The summed E-state index contributed by atoms with van der Waals surface area (Å²) in [5, 5.41) is 9.82. The van der Waals surface area contributed by atoms with Crippen molar-refractivity contribution in [1.29, 1.82) is 5.26 Å². The maximum Gasteiger partial charge on any atom is 0.349 e. The molecule has 1 atom stereocenters. The van der Waals surface area contributed by atoms with E-state index < -0.39 is 11.9 Å². The summed E-state index contributed by atoms with van der Waals surface area (Å²) in [6.45, 7) is 4.09. The molecule has 3 aromatic carbocycles. The van der Waals surface area contributed by atoms with Gasteiger partial charge in [0.2, 0.25) is 5.88 Å². The molecule has 4 rings (SSSR count). The minimum Gasteiger partial charge on any atom is -0.493 e. The smallest absolute Gasteiger partial charge is 0.349 e. The van der Waals surface area contributed by atoms with Crippen LogP contribution in [0.5, 0.6) is 28.7 Å². The Bertz CT molecular complexity index is 1340. The van der Waals surface area contributed by atoms with Crippen molar-refractivity contribution in [2.45, 2.75) is 19.8 Å². The number of benzene rings is 3. The molecule has 1 heterocycles. The summed E-state index contributed by atoms with van der Waals surface area (Å²) in [4.78, 5) is 12.3.